The van der Waals surface area contributed by atoms with Crippen molar-refractivity contribution in [3.05, 3.63) is 29.8 Å². The van der Waals surface area contributed by atoms with E-state index in [1.54, 1.807) is 12.1 Å². The number of rotatable bonds is 6. The summed E-state index contributed by atoms with van der Waals surface area (Å²) < 4.78 is 28.1. The predicted octanol–water partition coefficient (Wildman–Crippen LogP) is 0.900. The van der Waals surface area contributed by atoms with Crippen LogP contribution < -0.4 is 5.32 Å². The molecular weight excluding hydrogens is 288 g/mol. The van der Waals surface area contributed by atoms with Crippen molar-refractivity contribution in [2.45, 2.75) is 24.4 Å². The summed E-state index contributed by atoms with van der Waals surface area (Å²) in [5.41, 5.74) is 1.09. The molecule has 1 fully saturated rings. The highest BCUT2D eigenvalue weighted by atomic mass is 32.2. The van der Waals surface area contributed by atoms with Crippen LogP contribution in [0.15, 0.2) is 29.2 Å². The second-order valence-electron chi connectivity index (χ2n) is 5.61. The maximum atomic E-state index is 11.4. The van der Waals surface area contributed by atoms with E-state index in [9.17, 15) is 8.42 Å². The second kappa shape index (κ2) is 7.35. The maximum Gasteiger partial charge on any atom is 0.175 e. The molecule has 1 aliphatic heterocycles. The molecule has 1 saturated heterocycles. The van der Waals surface area contributed by atoms with E-state index in [2.05, 4.69) is 17.1 Å². The smallest absolute Gasteiger partial charge is 0.175 e. The van der Waals surface area contributed by atoms with Gasteiger partial charge in [0.25, 0.3) is 0 Å². The molecule has 0 aromatic heterocycles. The molecule has 0 bridgehead atoms. The zero-order valence-electron chi connectivity index (χ0n) is 12.7. The Balaban J connectivity index is 1.79. The molecule has 1 heterocycles. The number of hydrogen-bond donors (Lipinski definition) is 1. The lowest BCUT2D eigenvalue weighted by Gasteiger charge is -2.29. The van der Waals surface area contributed by atoms with Crippen LogP contribution in [-0.2, 0) is 21.1 Å². The Morgan fingerprint density at radius 3 is 2.43 bits per heavy atom. The van der Waals surface area contributed by atoms with Crippen molar-refractivity contribution in [2.75, 3.05) is 39.1 Å². The summed E-state index contributed by atoms with van der Waals surface area (Å²) in [5.74, 6) is 0. The van der Waals surface area contributed by atoms with Crippen molar-refractivity contribution in [2.24, 2.45) is 0 Å². The van der Waals surface area contributed by atoms with E-state index in [4.69, 9.17) is 4.74 Å². The fraction of sp³-hybridized carbons (Fsp3) is 0.600. The minimum Gasteiger partial charge on any atom is -0.379 e. The quantitative estimate of drug-likeness (QED) is 0.846. The van der Waals surface area contributed by atoms with Crippen molar-refractivity contribution in [3.8, 4) is 0 Å². The fourth-order valence-corrected chi connectivity index (χ4v) is 3.01. The summed E-state index contributed by atoms with van der Waals surface area (Å²) in [4.78, 5) is 2.76. The lowest BCUT2D eigenvalue weighted by molar-refractivity contribution is 0.0343. The molecule has 6 heteroatoms. The standard InChI is InChI=1S/C15H24N2O3S/c1-13(12-17-7-9-20-10-8-17)16-11-14-3-5-15(6-4-14)21(2,18)19/h3-6,13,16H,7-12H2,1-2H3. The SMILES string of the molecule is CC(CN1CCOCC1)NCc1ccc(S(C)(=O)=O)cc1. The minimum absolute atomic E-state index is 0.368. The molecule has 1 aliphatic rings. The van der Waals surface area contributed by atoms with E-state index in [0.717, 1.165) is 45.0 Å². The highest BCUT2D eigenvalue weighted by molar-refractivity contribution is 7.90. The average molecular weight is 312 g/mol. The van der Waals surface area contributed by atoms with E-state index in [0.29, 0.717) is 10.9 Å². The van der Waals surface area contributed by atoms with Crippen LogP contribution in [0.4, 0.5) is 0 Å². The van der Waals surface area contributed by atoms with Gasteiger partial charge >= 0.3 is 0 Å². The molecule has 0 amide bonds. The normalized spacial score (nSPS) is 18.6. The number of benzene rings is 1. The number of sulfone groups is 1. The van der Waals surface area contributed by atoms with Crippen LogP contribution in [0.1, 0.15) is 12.5 Å². The topological polar surface area (TPSA) is 58.6 Å². The third kappa shape index (κ3) is 5.39. The summed E-state index contributed by atoms with van der Waals surface area (Å²) in [6.45, 7) is 7.55. The molecule has 0 saturated carbocycles. The maximum absolute atomic E-state index is 11.4. The zero-order valence-corrected chi connectivity index (χ0v) is 13.5. The molecule has 2 rings (SSSR count). The fourth-order valence-electron chi connectivity index (χ4n) is 2.38. The van der Waals surface area contributed by atoms with Gasteiger partial charge in [-0.3, -0.25) is 4.90 Å². The number of morpholine rings is 1. The number of nitrogens with zero attached hydrogens (tertiary/aromatic N) is 1. The molecule has 1 aromatic carbocycles. The van der Waals surface area contributed by atoms with Gasteiger partial charge in [-0.2, -0.15) is 0 Å². The molecular formula is C15H24N2O3S. The molecule has 1 unspecified atom stereocenters. The predicted molar refractivity (Wildman–Crippen MR) is 83.1 cm³/mol. The first-order valence-electron chi connectivity index (χ1n) is 7.27. The van der Waals surface area contributed by atoms with Gasteiger partial charge in [0, 0.05) is 38.5 Å². The van der Waals surface area contributed by atoms with Crippen LogP contribution in [0.25, 0.3) is 0 Å². The molecule has 1 aromatic rings. The van der Waals surface area contributed by atoms with Gasteiger partial charge in [0.2, 0.25) is 0 Å². The van der Waals surface area contributed by atoms with Crippen LogP contribution in [0, 0.1) is 0 Å². The number of nitrogens with one attached hydrogen (secondary N) is 1. The van der Waals surface area contributed by atoms with Crippen molar-refractivity contribution in [1.82, 2.24) is 10.2 Å². The van der Waals surface area contributed by atoms with E-state index in [-0.39, 0.29) is 0 Å². The molecule has 0 spiro atoms. The molecule has 21 heavy (non-hydrogen) atoms. The van der Waals surface area contributed by atoms with Gasteiger partial charge in [0.1, 0.15) is 0 Å². The summed E-state index contributed by atoms with van der Waals surface area (Å²) >= 11 is 0. The van der Waals surface area contributed by atoms with E-state index in [1.165, 1.54) is 6.26 Å². The third-order valence-electron chi connectivity index (χ3n) is 3.64. The van der Waals surface area contributed by atoms with E-state index in [1.807, 2.05) is 12.1 Å². The van der Waals surface area contributed by atoms with Crippen LogP contribution in [0.3, 0.4) is 0 Å². The Labute approximate surface area is 127 Å². The molecule has 5 nitrogen and oxygen atoms in total. The van der Waals surface area contributed by atoms with Gasteiger partial charge in [0.15, 0.2) is 9.84 Å². The first-order chi connectivity index (χ1) is 9.95. The molecule has 0 radical (unpaired) electrons. The van der Waals surface area contributed by atoms with Gasteiger partial charge in [0.05, 0.1) is 18.1 Å². The Morgan fingerprint density at radius 2 is 1.86 bits per heavy atom. The Bertz CT molecular complexity index is 537. The van der Waals surface area contributed by atoms with Crippen molar-refractivity contribution >= 4 is 9.84 Å². The third-order valence-corrected chi connectivity index (χ3v) is 4.77. The summed E-state index contributed by atoms with van der Waals surface area (Å²) in [5, 5.41) is 3.47. The van der Waals surface area contributed by atoms with Gasteiger partial charge in [-0.1, -0.05) is 12.1 Å². The molecule has 1 N–H and O–H groups in total. The second-order valence-corrected chi connectivity index (χ2v) is 7.63. The van der Waals surface area contributed by atoms with Crippen LogP contribution in [-0.4, -0.2) is 58.5 Å². The number of ether oxygens (including phenoxy) is 1. The van der Waals surface area contributed by atoms with Crippen molar-refractivity contribution in [3.63, 3.8) is 0 Å². The van der Waals surface area contributed by atoms with Gasteiger partial charge in [-0.05, 0) is 24.6 Å². The van der Waals surface area contributed by atoms with Gasteiger partial charge in [-0.25, -0.2) is 8.42 Å². The summed E-state index contributed by atoms with van der Waals surface area (Å²) in [6.07, 6.45) is 1.23. The average Bonchev–Trinajstić information content (AvgIpc) is 2.46. The summed E-state index contributed by atoms with van der Waals surface area (Å²) in [6, 6.07) is 7.45. The lowest BCUT2D eigenvalue weighted by atomic mass is 10.2. The zero-order chi connectivity index (χ0) is 15.3. The molecule has 0 aliphatic carbocycles. The van der Waals surface area contributed by atoms with Gasteiger partial charge in [-0.15, -0.1) is 0 Å². The largest absolute Gasteiger partial charge is 0.379 e. The van der Waals surface area contributed by atoms with Crippen molar-refractivity contribution < 1.29 is 13.2 Å². The van der Waals surface area contributed by atoms with Gasteiger partial charge < -0.3 is 10.1 Å². The van der Waals surface area contributed by atoms with E-state index < -0.39 is 9.84 Å². The van der Waals surface area contributed by atoms with Crippen LogP contribution >= 0.6 is 0 Å². The number of hydrogen-bond acceptors (Lipinski definition) is 5. The first kappa shape index (κ1) is 16.4. The highest BCUT2D eigenvalue weighted by Gasteiger charge is 2.13. The highest BCUT2D eigenvalue weighted by Crippen LogP contribution is 2.10. The first-order valence-corrected chi connectivity index (χ1v) is 9.17. The minimum atomic E-state index is -3.11. The molecule has 118 valence electrons. The lowest BCUT2D eigenvalue weighted by Crippen LogP contribution is -2.44. The Kier molecular flexibility index (Phi) is 5.75. The van der Waals surface area contributed by atoms with Crippen LogP contribution in [0.2, 0.25) is 0 Å². The summed E-state index contributed by atoms with van der Waals surface area (Å²) in [7, 11) is -3.11. The Morgan fingerprint density at radius 1 is 1.24 bits per heavy atom. The van der Waals surface area contributed by atoms with Crippen molar-refractivity contribution in [1.29, 1.82) is 0 Å². The monoisotopic (exact) mass is 312 g/mol. The van der Waals surface area contributed by atoms with E-state index >= 15 is 0 Å². The van der Waals surface area contributed by atoms with Crippen LogP contribution in [0.5, 0.6) is 0 Å². The molecule has 1 atom stereocenters. The Hall–Kier alpha value is -0.950.